The number of pyridine rings is 1. The van der Waals surface area contributed by atoms with E-state index in [2.05, 4.69) is 10.4 Å². The minimum Gasteiger partial charge on any atom is -0.465 e. The molecule has 8 heteroatoms. The van der Waals surface area contributed by atoms with Gasteiger partial charge in [0.25, 0.3) is 0 Å². The van der Waals surface area contributed by atoms with Crippen LogP contribution in [0.2, 0.25) is 0 Å². The zero-order valence-corrected chi connectivity index (χ0v) is 17.0. The number of hydrogen-bond donors (Lipinski definition) is 1. The minimum absolute atomic E-state index is 0.0756. The highest BCUT2D eigenvalue weighted by atomic mass is 16.5. The number of aryl methyl sites for hydroxylation is 3. The number of nitrogens with one attached hydrogen (secondary N) is 1. The molecule has 0 unspecified atom stereocenters. The number of esters is 1. The van der Waals surface area contributed by atoms with E-state index in [1.807, 2.05) is 56.3 Å². The molecular formula is C22H19N5O3. The molecule has 1 aromatic carbocycles. The molecule has 4 aromatic rings. The first-order valence-electron chi connectivity index (χ1n) is 9.25. The van der Waals surface area contributed by atoms with Gasteiger partial charge in [-0.05, 0) is 44.5 Å². The second-order valence-electron chi connectivity index (χ2n) is 6.82. The molecule has 0 atom stereocenters. The maximum Gasteiger partial charge on any atom is 0.342 e. The van der Waals surface area contributed by atoms with Gasteiger partial charge in [-0.2, -0.15) is 10.4 Å². The molecule has 0 aliphatic heterocycles. The Morgan fingerprint density at radius 2 is 1.97 bits per heavy atom. The second kappa shape index (κ2) is 7.37. The van der Waals surface area contributed by atoms with E-state index in [0.717, 1.165) is 22.3 Å². The third-order valence-electron chi connectivity index (χ3n) is 4.84. The van der Waals surface area contributed by atoms with Crippen LogP contribution in [0.25, 0.3) is 16.7 Å². The molecule has 1 N–H and O–H groups in total. The van der Waals surface area contributed by atoms with Gasteiger partial charge in [0.2, 0.25) is 5.88 Å². The molecule has 8 nitrogen and oxygen atoms in total. The SMILES string of the molecule is COC(=O)c1c(C)oc(Nc2cc(C)c3c(C)nn(-c4ccccc4)c3n2)c1C#N. The van der Waals surface area contributed by atoms with Crippen LogP contribution in [0.3, 0.4) is 0 Å². The zero-order valence-electron chi connectivity index (χ0n) is 17.0. The average Bonchev–Trinajstić information content (AvgIpc) is 3.24. The summed E-state index contributed by atoms with van der Waals surface area (Å²) in [6.45, 7) is 5.52. The molecule has 0 radical (unpaired) electrons. The molecule has 150 valence electrons. The van der Waals surface area contributed by atoms with Gasteiger partial charge >= 0.3 is 5.97 Å². The van der Waals surface area contributed by atoms with Crippen LogP contribution in [0.5, 0.6) is 0 Å². The Labute approximate surface area is 172 Å². The van der Waals surface area contributed by atoms with Crippen molar-refractivity contribution in [2.45, 2.75) is 20.8 Å². The van der Waals surface area contributed by atoms with Gasteiger partial charge in [-0.25, -0.2) is 14.5 Å². The fourth-order valence-corrected chi connectivity index (χ4v) is 3.52. The first-order chi connectivity index (χ1) is 14.4. The molecule has 0 bridgehead atoms. The number of nitrogens with zero attached hydrogens (tertiary/aromatic N) is 4. The lowest BCUT2D eigenvalue weighted by Crippen LogP contribution is -2.04. The summed E-state index contributed by atoms with van der Waals surface area (Å²) in [6, 6.07) is 13.6. The number of carbonyl (C=O) groups excluding carboxylic acids is 1. The number of benzene rings is 1. The number of fused-ring (bicyclic) bond motifs is 1. The Balaban J connectivity index is 1.84. The van der Waals surface area contributed by atoms with Gasteiger partial charge < -0.3 is 14.5 Å². The maximum atomic E-state index is 12.0. The quantitative estimate of drug-likeness (QED) is 0.507. The zero-order chi connectivity index (χ0) is 21.4. The summed E-state index contributed by atoms with van der Waals surface area (Å²) >= 11 is 0. The summed E-state index contributed by atoms with van der Waals surface area (Å²) < 4.78 is 12.2. The number of nitriles is 1. The van der Waals surface area contributed by atoms with Crippen molar-refractivity contribution in [2.75, 3.05) is 12.4 Å². The van der Waals surface area contributed by atoms with E-state index in [-0.39, 0.29) is 17.0 Å². The lowest BCUT2D eigenvalue weighted by Gasteiger charge is -2.07. The first kappa shape index (κ1) is 19.2. The summed E-state index contributed by atoms with van der Waals surface area (Å²) in [5.74, 6) is 0.282. The number of ether oxygens (including phenoxy) is 1. The molecule has 3 heterocycles. The molecule has 30 heavy (non-hydrogen) atoms. The number of rotatable bonds is 4. The monoisotopic (exact) mass is 401 g/mol. The standard InChI is InChI=1S/C22H19N5O3/c1-12-10-17(25-21-16(11-23)19(14(3)30-21)22(28)29-4)24-20-18(12)13(2)26-27(20)15-8-6-5-7-9-15/h5-10H,1-4H3,(H,24,25). The van der Waals surface area contributed by atoms with E-state index in [1.165, 1.54) is 7.11 Å². The van der Waals surface area contributed by atoms with E-state index >= 15 is 0 Å². The average molecular weight is 401 g/mol. The summed E-state index contributed by atoms with van der Waals surface area (Å²) in [5, 5.41) is 18.2. The Morgan fingerprint density at radius 3 is 2.63 bits per heavy atom. The van der Waals surface area contributed by atoms with Crippen LogP contribution in [0.15, 0.2) is 40.8 Å². The van der Waals surface area contributed by atoms with Crippen LogP contribution in [0, 0.1) is 32.1 Å². The third-order valence-corrected chi connectivity index (χ3v) is 4.84. The fourth-order valence-electron chi connectivity index (χ4n) is 3.52. The van der Waals surface area contributed by atoms with Crippen LogP contribution in [-0.4, -0.2) is 27.8 Å². The molecule has 0 amide bonds. The Kier molecular flexibility index (Phi) is 4.72. The van der Waals surface area contributed by atoms with Gasteiger partial charge in [0, 0.05) is 5.39 Å². The van der Waals surface area contributed by atoms with Crippen molar-refractivity contribution in [3.05, 3.63) is 64.5 Å². The first-order valence-corrected chi connectivity index (χ1v) is 9.25. The van der Waals surface area contributed by atoms with Crippen molar-refractivity contribution >= 4 is 28.7 Å². The molecule has 3 aromatic heterocycles. The largest absolute Gasteiger partial charge is 0.465 e. The van der Waals surface area contributed by atoms with E-state index in [0.29, 0.717) is 17.2 Å². The summed E-state index contributed by atoms with van der Waals surface area (Å²) in [5.41, 5.74) is 3.58. The number of furan rings is 1. The van der Waals surface area contributed by atoms with Crippen LogP contribution in [-0.2, 0) is 4.74 Å². The summed E-state index contributed by atoms with van der Waals surface area (Å²) in [4.78, 5) is 16.7. The molecule has 0 saturated heterocycles. The molecule has 4 rings (SSSR count). The molecule has 0 aliphatic carbocycles. The smallest absolute Gasteiger partial charge is 0.342 e. The third kappa shape index (κ3) is 3.06. The Morgan fingerprint density at radius 1 is 1.23 bits per heavy atom. The molecule has 0 aliphatic rings. The van der Waals surface area contributed by atoms with Gasteiger partial charge in [0.1, 0.15) is 28.8 Å². The van der Waals surface area contributed by atoms with Crippen LogP contribution < -0.4 is 5.32 Å². The van der Waals surface area contributed by atoms with Crippen molar-refractivity contribution in [2.24, 2.45) is 0 Å². The molecule has 0 spiro atoms. The highest BCUT2D eigenvalue weighted by Gasteiger charge is 2.25. The number of carbonyl (C=O) groups is 1. The summed E-state index contributed by atoms with van der Waals surface area (Å²) in [6.07, 6.45) is 0. The van der Waals surface area contributed by atoms with E-state index < -0.39 is 5.97 Å². The van der Waals surface area contributed by atoms with Gasteiger partial charge in [0.05, 0.1) is 18.5 Å². The van der Waals surface area contributed by atoms with Crippen LogP contribution >= 0.6 is 0 Å². The van der Waals surface area contributed by atoms with Crippen molar-refractivity contribution in [1.29, 1.82) is 5.26 Å². The number of methoxy groups -OCH3 is 1. The van der Waals surface area contributed by atoms with Crippen molar-refractivity contribution in [3.8, 4) is 11.8 Å². The van der Waals surface area contributed by atoms with E-state index in [9.17, 15) is 10.1 Å². The van der Waals surface area contributed by atoms with Crippen molar-refractivity contribution in [3.63, 3.8) is 0 Å². The maximum absolute atomic E-state index is 12.0. The number of hydrogen-bond acceptors (Lipinski definition) is 7. The van der Waals surface area contributed by atoms with Crippen molar-refractivity contribution in [1.82, 2.24) is 14.8 Å². The summed E-state index contributed by atoms with van der Waals surface area (Å²) in [7, 11) is 1.26. The van der Waals surface area contributed by atoms with E-state index in [1.54, 1.807) is 11.6 Å². The van der Waals surface area contributed by atoms with E-state index in [4.69, 9.17) is 14.1 Å². The predicted molar refractivity (Wildman–Crippen MR) is 111 cm³/mol. The number of aromatic nitrogens is 3. The van der Waals surface area contributed by atoms with Crippen LogP contribution in [0.4, 0.5) is 11.7 Å². The molecule has 0 saturated carbocycles. The van der Waals surface area contributed by atoms with Crippen molar-refractivity contribution < 1.29 is 13.9 Å². The Hall–Kier alpha value is -4.12. The van der Waals surface area contributed by atoms with Gasteiger partial charge in [-0.15, -0.1) is 0 Å². The Bertz CT molecular complexity index is 1310. The lowest BCUT2D eigenvalue weighted by atomic mass is 10.1. The molecule has 0 fully saturated rings. The second-order valence-corrected chi connectivity index (χ2v) is 6.82. The van der Waals surface area contributed by atoms with Crippen LogP contribution in [0.1, 0.15) is 32.9 Å². The number of anilines is 2. The van der Waals surface area contributed by atoms with Gasteiger partial charge in [-0.1, -0.05) is 18.2 Å². The predicted octanol–water partition coefficient (Wildman–Crippen LogP) is 4.34. The van der Waals surface area contributed by atoms with Gasteiger partial charge in [0.15, 0.2) is 5.65 Å². The topological polar surface area (TPSA) is 106 Å². The lowest BCUT2D eigenvalue weighted by molar-refractivity contribution is 0.0598. The fraction of sp³-hybridized carbons (Fsp3) is 0.182. The number of para-hydroxylation sites is 1. The highest BCUT2D eigenvalue weighted by Crippen LogP contribution is 2.31. The molecular weight excluding hydrogens is 382 g/mol. The highest BCUT2D eigenvalue weighted by molar-refractivity contribution is 5.95. The normalized spacial score (nSPS) is 10.8. The van der Waals surface area contributed by atoms with Gasteiger partial charge in [-0.3, -0.25) is 0 Å². The minimum atomic E-state index is -0.627.